The first-order valence-corrected chi connectivity index (χ1v) is 5.34. The van der Waals surface area contributed by atoms with Crippen LogP contribution in [0.2, 0.25) is 0 Å². The third-order valence-electron chi connectivity index (χ3n) is 1.97. The topological polar surface area (TPSA) is 48.9 Å². The molecule has 0 aliphatic heterocycles. The largest absolute Gasteiger partial charge is 0.395 e. The summed E-state index contributed by atoms with van der Waals surface area (Å²) in [4.78, 5) is 0. The van der Waals surface area contributed by atoms with Crippen molar-refractivity contribution in [2.45, 2.75) is 6.42 Å². The van der Waals surface area contributed by atoms with E-state index in [0.29, 0.717) is 6.42 Å². The first kappa shape index (κ1) is 10.2. The molecule has 76 valence electrons. The Kier molecular flexibility index (Phi) is 3.05. The molecule has 1 aromatic carbocycles. The summed E-state index contributed by atoms with van der Waals surface area (Å²) in [5.41, 5.74) is 1.68. The fraction of sp³-hybridized carbons (Fsp3) is 0.182. The van der Waals surface area contributed by atoms with E-state index < -0.39 is 0 Å². The lowest BCUT2D eigenvalue weighted by Gasteiger charge is -1.89. The van der Waals surface area contributed by atoms with Crippen LogP contribution in [0.5, 0.6) is 0 Å². The monoisotopic (exact) mass is 264 g/mol. The first-order chi connectivity index (χ1) is 7.31. The number of nitrogens with one attached hydrogen (secondary N) is 1. The van der Waals surface area contributed by atoms with E-state index in [1.165, 1.54) is 0 Å². The lowest BCUT2D eigenvalue weighted by atomic mass is 10.2. The summed E-state index contributed by atoms with van der Waals surface area (Å²) in [7, 11) is 0. The number of aliphatic hydroxyl groups excluding tert-OH is 1. The SMILES string of the molecule is OCCC#Cc1[nH]nc2cc(Br)ccc12. The van der Waals surface area contributed by atoms with Crippen LogP contribution in [0.25, 0.3) is 10.9 Å². The second-order valence-corrected chi connectivity index (χ2v) is 3.95. The highest BCUT2D eigenvalue weighted by Gasteiger charge is 2.02. The van der Waals surface area contributed by atoms with Crippen LogP contribution in [0.4, 0.5) is 0 Å². The molecule has 0 bridgehead atoms. The summed E-state index contributed by atoms with van der Waals surface area (Å²) in [5.74, 6) is 5.81. The quantitative estimate of drug-likeness (QED) is 0.775. The Labute approximate surface area is 95.6 Å². The normalized spacial score (nSPS) is 10.0. The summed E-state index contributed by atoms with van der Waals surface area (Å²) in [6.45, 7) is 0.0879. The van der Waals surface area contributed by atoms with Crippen molar-refractivity contribution < 1.29 is 5.11 Å². The maximum Gasteiger partial charge on any atom is 0.115 e. The number of aliphatic hydroxyl groups is 1. The number of halogens is 1. The van der Waals surface area contributed by atoms with E-state index in [2.05, 4.69) is 38.0 Å². The van der Waals surface area contributed by atoms with Gasteiger partial charge < -0.3 is 5.11 Å². The zero-order chi connectivity index (χ0) is 10.7. The number of rotatable bonds is 1. The second-order valence-electron chi connectivity index (χ2n) is 3.04. The van der Waals surface area contributed by atoms with Gasteiger partial charge in [-0.05, 0) is 24.1 Å². The Bertz CT molecular complexity index is 536. The molecular formula is C11H9BrN2O. The Morgan fingerprint density at radius 3 is 3.13 bits per heavy atom. The van der Waals surface area contributed by atoms with Crippen molar-refractivity contribution in [3.05, 3.63) is 28.4 Å². The summed E-state index contributed by atoms with van der Waals surface area (Å²) in [6, 6.07) is 5.85. The zero-order valence-electron chi connectivity index (χ0n) is 7.92. The maximum atomic E-state index is 8.61. The minimum Gasteiger partial charge on any atom is -0.395 e. The van der Waals surface area contributed by atoms with E-state index in [4.69, 9.17) is 5.11 Å². The third kappa shape index (κ3) is 2.20. The van der Waals surface area contributed by atoms with Crippen molar-refractivity contribution in [2.24, 2.45) is 0 Å². The number of hydrogen-bond acceptors (Lipinski definition) is 2. The van der Waals surface area contributed by atoms with Crippen LogP contribution in [-0.4, -0.2) is 21.9 Å². The first-order valence-electron chi connectivity index (χ1n) is 4.54. The van der Waals surface area contributed by atoms with Crippen molar-refractivity contribution in [2.75, 3.05) is 6.61 Å². The van der Waals surface area contributed by atoms with Crippen molar-refractivity contribution >= 4 is 26.8 Å². The van der Waals surface area contributed by atoms with Crippen molar-refractivity contribution in [3.63, 3.8) is 0 Å². The van der Waals surface area contributed by atoms with Gasteiger partial charge in [0.05, 0.1) is 12.1 Å². The van der Waals surface area contributed by atoms with Gasteiger partial charge >= 0.3 is 0 Å². The molecule has 15 heavy (non-hydrogen) atoms. The molecule has 1 aromatic heterocycles. The van der Waals surface area contributed by atoms with Crippen molar-refractivity contribution in [1.29, 1.82) is 0 Å². The number of nitrogens with zero attached hydrogens (tertiary/aromatic N) is 1. The highest BCUT2D eigenvalue weighted by atomic mass is 79.9. The Morgan fingerprint density at radius 1 is 1.47 bits per heavy atom. The van der Waals surface area contributed by atoms with E-state index >= 15 is 0 Å². The highest BCUT2D eigenvalue weighted by molar-refractivity contribution is 9.10. The Hall–Kier alpha value is -1.31. The summed E-state index contributed by atoms with van der Waals surface area (Å²) >= 11 is 3.38. The molecule has 1 heterocycles. The minimum atomic E-state index is 0.0879. The van der Waals surface area contributed by atoms with Gasteiger partial charge in [0.1, 0.15) is 5.69 Å². The van der Waals surface area contributed by atoms with E-state index in [1.807, 2.05) is 18.2 Å². The van der Waals surface area contributed by atoms with Gasteiger partial charge in [0.15, 0.2) is 0 Å². The van der Waals surface area contributed by atoms with Gasteiger partial charge in [0, 0.05) is 16.3 Å². The number of benzene rings is 1. The molecule has 2 N–H and O–H groups in total. The second kappa shape index (κ2) is 4.47. The van der Waals surface area contributed by atoms with Crippen LogP contribution in [0.15, 0.2) is 22.7 Å². The van der Waals surface area contributed by atoms with Gasteiger partial charge in [-0.25, -0.2) is 0 Å². The number of aromatic nitrogens is 2. The van der Waals surface area contributed by atoms with Crippen LogP contribution >= 0.6 is 15.9 Å². The number of fused-ring (bicyclic) bond motifs is 1. The maximum absolute atomic E-state index is 8.61. The minimum absolute atomic E-state index is 0.0879. The molecular weight excluding hydrogens is 256 g/mol. The highest BCUT2D eigenvalue weighted by Crippen LogP contribution is 2.19. The number of hydrogen-bond donors (Lipinski definition) is 2. The molecule has 0 radical (unpaired) electrons. The molecule has 0 atom stereocenters. The number of aromatic amines is 1. The summed E-state index contributed by atoms with van der Waals surface area (Å²) < 4.78 is 0.997. The molecule has 0 fully saturated rings. The van der Waals surface area contributed by atoms with Gasteiger partial charge in [0.2, 0.25) is 0 Å². The molecule has 2 rings (SSSR count). The molecule has 2 aromatic rings. The molecule has 0 spiro atoms. The summed E-state index contributed by atoms with van der Waals surface area (Å²) in [5, 5.41) is 16.6. The average molecular weight is 265 g/mol. The van der Waals surface area contributed by atoms with Crippen molar-refractivity contribution in [1.82, 2.24) is 10.2 Å². The lowest BCUT2D eigenvalue weighted by molar-refractivity contribution is 0.305. The van der Waals surface area contributed by atoms with Gasteiger partial charge in [0.25, 0.3) is 0 Å². The van der Waals surface area contributed by atoms with Crippen LogP contribution in [0, 0.1) is 11.8 Å². The van der Waals surface area contributed by atoms with E-state index in [9.17, 15) is 0 Å². The summed E-state index contributed by atoms with van der Waals surface area (Å²) in [6.07, 6.45) is 0.483. The molecule has 4 heteroatoms. The predicted octanol–water partition coefficient (Wildman–Crippen LogP) is 2.06. The van der Waals surface area contributed by atoms with Gasteiger partial charge in [-0.3, -0.25) is 5.10 Å². The van der Waals surface area contributed by atoms with Gasteiger partial charge in [-0.1, -0.05) is 21.9 Å². The van der Waals surface area contributed by atoms with Crippen LogP contribution in [-0.2, 0) is 0 Å². The van der Waals surface area contributed by atoms with E-state index in [-0.39, 0.29) is 6.61 Å². The molecule has 0 aliphatic carbocycles. The van der Waals surface area contributed by atoms with Gasteiger partial charge in [-0.2, -0.15) is 5.10 Å². The fourth-order valence-corrected chi connectivity index (χ4v) is 1.64. The fourth-order valence-electron chi connectivity index (χ4n) is 1.29. The molecule has 0 saturated heterocycles. The van der Waals surface area contributed by atoms with Crippen LogP contribution < -0.4 is 0 Å². The number of H-pyrrole nitrogens is 1. The zero-order valence-corrected chi connectivity index (χ0v) is 9.50. The molecule has 3 nitrogen and oxygen atoms in total. The molecule has 0 saturated carbocycles. The van der Waals surface area contributed by atoms with Crippen molar-refractivity contribution in [3.8, 4) is 11.8 Å². The molecule has 0 amide bonds. The van der Waals surface area contributed by atoms with Gasteiger partial charge in [-0.15, -0.1) is 0 Å². The van der Waals surface area contributed by atoms with Crippen LogP contribution in [0.1, 0.15) is 12.1 Å². The smallest absolute Gasteiger partial charge is 0.115 e. The average Bonchev–Trinajstić information content (AvgIpc) is 2.61. The molecule has 0 aliphatic rings. The molecule has 0 unspecified atom stereocenters. The third-order valence-corrected chi connectivity index (χ3v) is 2.46. The lowest BCUT2D eigenvalue weighted by Crippen LogP contribution is -1.78. The standard InChI is InChI=1S/C11H9BrN2O/c12-8-4-5-9-10(3-1-2-6-15)13-14-11(9)7-8/h4-5,7,15H,2,6H2,(H,13,14). The van der Waals surface area contributed by atoms with E-state index in [1.54, 1.807) is 0 Å². The van der Waals surface area contributed by atoms with E-state index in [0.717, 1.165) is 21.1 Å². The van der Waals surface area contributed by atoms with Crippen LogP contribution in [0.3, 0.4) is 0 Å². The predicted molar refractivity (Wildman–Crippen MR) is 62.4 cm³/mol. The Balaban J connectivity index is 2.42. The Morgan fingerprint density at radius 2 is 2.33 bits per heavy atom.